The van der Waals surface area contributed by atoms with Crippen molar-refractivity contribution in [3.63, 3.8) is 0 Å². The largest absolute Gasteiger partial charge is 0.387 e. The van der Waals surface area contributed by atoms with Gasteiger partial charge in [-0.1, -0.05) is 12.2 Å². The number of nitrogens with zero attached hydrogens (tertiary/aromatic N) is 6. The van der Waals surface area contributed by atoms with Gasteiger partial charge in [0.2, 0.25) is 5.95 Å². The highest BCUT2D eigenvalue weighted by atomic mass is 32.7. The van der Waals surface area contributed by atoms with Crippen molar-refractivity contribution < 1.29 is 47.2 Å². The number of imidazole rings is 1. The minimum absolute atomic E-state index is 0.0508. The minimum Gasteiger partial charge on any atom is -0.387 e. The van der Waals surface area contributed by atoms with Crippen LogP contribution >= 0.6 is 25.8 Å². The quantitative estimate of drug-likeness (QED) is 0.0928. The Morgan fingerprint density at radius 1 is 0.957 bits per heavy atom. The summed E-state index contributed by atoms with van der Waals surface area (Å²) in [5, 5.41) is 22.5. The molecule has 0 saturated carbocycles. The number of hydrogen-bond donors (Lipinski definition) is 7. The maximum atomic E-state index is 13.6. The molecular formula is C22H25N9O12P2S2. The first-order valence-electron chi connectivity index (χ1n) is 13.6. The summed E-state index contributed by atoms with van der Waals surface area (Å²) in [6.07, 6.45) is -9.47. The molecule has 7 rings (SSSR count). The van der Waals surface area contributed by atoms with E-state index in [4.69, 9.17) is 50.8 Å². The Balaban J connectivity index is 1.21. The fraction of sp³-hybridized carbons (Fsp3) is 0.455. The lowest BCUT2D eigenvalue weighted by Crippen LogP contribution is -2.37. The van der Waals surface area contributed by atoms with Crippen molar-refractivity contribution in [1.29, 1.82) is 0 Å². The predicted molar refractivity (Wildman–Crippen MR) is 165 cm³/mol. The Kier molecular flexibility index (Phi) is 8.27. The van der Waals surface area contributed by atoms with Gasteiger partial charge in [0.15, 0.2) is 29.3 Å². The van der Waals surface area contributed by atoms with E-state index in [0.717, 1.165) is 10.9 Å². The van der Waals surface area contributed by atoms with Crippen molar-refractivity contribution in [2.45, 2.75) is 49.1 Å². The van der Waals surface area contributed by atoms with E-state index in [9.17, 15) is 29.3 Å². The first-order chi connectivity index (χ1) is 22.2. The Labute approximate surface area is 271 Å². The number of H-pyrrole nitrogens is 1. The number of ether oxygens (including phenoxy) is 2. The second kappa shape index (κ2) is 11.9. The van der Waals surface area contributed by atoms with E-state index in [1.807, 2.05) is 0 Å². The number of aromatic amines is 1. The zero-order valence-corrected chi connectivity index (χ0v) is 26.9. The Hall–Kier alpha value is -2.89. The monoisotopic (exact) mass is 733 g/mol. The minimum atomic E-state index is -4.42. The number of pyridine rings is 1. The lowest BCUT2D eigenvalue weighted by molar-refractivity contribution is -0.0601. The van der Waals surface area contributed by atoms with Crippen LogP contribution in [0, 0.1) is 0 Å². The molecule has 3 fully saturated rings. The topological polar surface area (TPSA) is 297 Å². The SMILES string of the molecule is Nc1ccc2c(=O)n([C@@H]3O[C@@H]4COP(=O)(S)O[C@@H]5[C@H](O)[C@@H](COP(O)(=S)O[C@H]4[C@H]3O)O[C@H]5n3cnc4c(=O)[nH]c(N)nc43)cnc2n1. The van der Waals surface area contributed by atoms with Gasteiger partial charge in [-0.2, -0.15) is 4.98 Å². The summed E-state index contributed by atoms with van der Waals surface area (Å²) < 4.78 is 49.9. The summed E-state index contributed by atoms with van der Waals surface area (Å²) in [6.45, 7) is -9.93. The molecule has 7 heterocycles. The van der Waals surface area contributed by atoms with Crippen molar-refractivity contribution >= 4 is 71.5 Å². The summed E-state index contributed by atoms with van der Waals surface area (Å²) in [5.74, 6) is -0.101. The lowest BCUT2D eigenvalue weighted by atomic mass is 10.1. The van der Waals surface area contributed by atoms with Gasteiger partial charge >= 0.3 is 13.5 Å². The van der Waals surface area contributed by atoms with Gasteiger partial charge in [-0.05, 0) is 23.9 Å². The average Bonchev–Trinajstić information content (AvgIpc) is 3.64. The lowest BCUT2D eigenvalue weighted by Gasteiger charge is -2.27. The number of hydrogen-bond acceptors (Lipinski definition) is 18. The molecule has 2 unspecified atom stereocenters. The number of thiol groups is 1. The average molecular weight is 734 g/mol. The highest BCUT2D eigenvalue weighted by Crippen LogP contribution is 2.58. The van der Waals surface area contributed by atoms with Gasteiger partial charge in [-0.15, -0.1) is 0 Å². The van der Waals surface area contributed by atoms with Crippen LogP contribution in [-0.2, 0) is 43.9 Å². The molecule has 3 saturated heterocycles. The van der Waals surface area contributed by atoms with Gasteiger partial charge in [0.05, 0.1) is 24.9 Å². The molecule has 252 valence electrons. The highest BCUT2D eigenvalue weighted by Gasteiger charge is 2.53. The first kappa shape index (κ1) is 32.6. The third kappa shape index (κ3) is 6.01. The van der Waals surface area contributed by atoms with Crippen molar-refractivity contribution in [2.75, 3.05) is 24.7 Å². The molecule has 0 aliphatic carbocycles. The molecule has 0 amide bonds. The Bertz CT molecular complexity index is 2100. The Morgan fingerprint density at radius 2 is 1.68 bits per heavy atom. The molecule has 3 aliphatic heterocycles. The van der Waals surface area contributed by atoms with Gasteiger partial charge in [-0.25, -0.2) is 19.5 Å². The molecule has 0 spiro atoms. The number of rotatable bonds is 2. The van der Waals surface area contributed by atoms with E-state index in [1.165, 1.54) is 23.0 Å². The van der Waals surface area contributed by atoms with Gasteiger partial charge < -0.3 is 40.6 Å². The van der Waals surface area contributed by atoms with Crippen LogP contribution in [0.25, 0.3) is 22.2 Å². The number of nitrogen functional groups attached to an aromatic ring is 2. The molecule has 0 aromatic carbocycles. The van der Waals surface area contributed by atoms with E-state index in [1.54, 1.807) is 0 Å². The van der Waals surface area contributed by atoms with Crippen LogP contribution in [0.2, 0.25) is 0 Å². The second-order valence-corrected chi connectivity index (χ2v) is 16.3. The number of nitrogens with one attached hydrogen (secondary N) is 1. The first-order valence-corrected chi connectivity index (χ1v) is 18.8. The van der Waals surface area contributed by atoms with Crippen LogP contribution in [0.15, 0.2) is 34.4 Å². The summed E-state index contributed by atoms with van der Waals surface area (Å²) in [4.78, 5) is 55.1. The van der Waals surface area contributed by atoms with Crippen LogP contribution in [-0.4, -0.2) is 99.0 Å². The molecule has 4 aromatic heterocycles. The standard InChI is InChI=1S/C22H25N9O12P2S2/c23-10-2-1-7-16(27-10)26-6-31(19(7)35)20-13(33)14-9(41-20)4-39-45(37,47)43-15-12(32)8(3-38-44(36,46)42-14)40-21(15)30-5-25-11-17(30)28-22(24)29-18(11)34/h1-2,5-6,8-9,12-15,20-21,32-33H,3-4H2,(H2,23,27)(H,36,46)(H,37,47)(H3,24,28,29,34)/t8-,9-,12-,13-,14-,15-,20-,21-,44?,45?/m1/s1. The van der Waals surface area contributed by atoms with Crippen LogP contribution in [0.5, 0.6) is 0 Å². The number of aliphatic hydroxyl groups is 2. The van der Waals surface area contributed by atoms with Crippen LogP contribution in [0.4, 0.5) is 11.8 Å². The molecule has 2 bridgehead atoms. The molecule has 4 aromatic rings. The summed E-state index contributed by atoms with van der Waals surface area (Å²) >= 11 is 9.25. The summed E-state index contributed by atoms with van der Waals surface area (Å²) in [5.41, 5.74) is 9.97. The van der Waals surface area contributed by atoms with Crippen LogP contribution in [0.1, 0.15) is 12.5 Å². The third-order valence-electron chi connectivity index (χ3n) is 7.60. The smallest absolute Gasteiger partial charge is 0.386 e. The maximum Gasteiger partial charge on any atom is 0.386 e. The Morgan fingerprint density at radius 3 is 2.47 bits per heavy atom. The molecular weight excluding hydrogens is 708 g/mol. The van der Waals surface area contributed by atoms with Crippen molar-refractivity contribution in [1.82, 2.24) is 34.1 Å². The molecule has 21 nitrogen and oxygen atoms in total. The van der Waals surface area contributed by atoms with Crippen LogP contribution < -0.4 is 22.6 Å². The highest BCUT2D eigenvalue weighted by molar-refractivity contribution is 8.44. The molecule has 10 atom stereocenters. The molecule has 3 aliphatic rings. The third-order valence-corrected chi connectivity index (χ3v) is 10.8. The van der Waals surface area contributed by atoms with Gasteiger partial charge in [0.1, 0.15) is 48.8 Å². The molecule has 25 heteroatoms. The van der Waals surface area contributed by atoms with Gasteiger partial charge in [0.25, 0.3) is 11.1 Å². The fourth-order valence-corrected chi connectivity index (χ4v) is 8.36. The number of nitrogens with two attached hydrogens (primary N) is 2. The fourth-order valence-electron chi connectivity index (χ4n) is 5.46. The van der Waals surface area contributed by atoms with E-state index < -0.39 is 86.9 Å². The number of fused-ring (bicyclic) bond motifs is 5. The van der Waals surface area contributed by atoms with Gasteiger partial charge in [0, 0.05) is 0 Å². The van der Waals surface area contributed by atoms with E-state index in [2.05, 4.69) is 37.2 Å². The number of anilines is 2. The summed E-state index contributed by atoms with van der Waals surface area (Å²) in [7, 11) is 0. The molecule has 8 N–H and O–H groups in total. The number of aromatic nitrogens is 7. The zero-order chi connectivity index (χ0) is 33.4. The van der Waals surface area contributed by atoms with Crippen molar-refractivity contribution in [3.8, 4) is 0 Å². The normalized spacial score (nSPS) is 36.5. The molecule has 47 heavy (non-hydrogen) atoms. The molecule has 0 radical (unpaired) electrons. The van der Waals surface area contributed by atoms with Crippen molar-refractivity contribution in [2.24, 2.45) is 0 Å². The van der Waals surface area contributed by atoms with Crippen LogP contribution in [0.3, 0.4) is 0 Å². The van der Waals surface area contributed by atoms with Crippen molar-refractivity contribution in [3.05, 3.63) is 45.5 Å². The second-order valence-electron chi connectivity index (χ2n) is 10.6. The summed E-state index contributed by atoms with van der Waals surface area (Å²) in [6, 6.07) is 2.80. The zero-order valence-electron chi connectivity index (χ0n) is 23.4. The van der Waals surface area contributed by atoms with E-state index in [-0.39, 0.29) is 34.0 Å². The maximum absolute atomic E-state index is 13.6. The predicted octanol–water partition coefficient (Wildman–Crippen LogP) is -1.32. The van der Waals surface area contributed by atoms with E-state index >= 15 is 0 Å². The van der Waals surface area contributed by atoms with E-state index in [0.29, 0.717) is 0 Å². The number of aliphatic hydroxyl groups excluding tert-OH is 2. The van der Waals surface area contributed by atoms with Gasteiger partial charge in [-0.3, -0.25) is 37.3 Å².